The standard InChI is InChI=1S/C15H19N3O3/c1-21-13-7-9(16)4-5-11(13)15(20)18-6-2-3-10-12(18)8-17-14(10)19/h4-5,7,10,12H,2-3,6,8,16H2,1H3,(H,17,19). The van der Waals surface area contributed by atoms with Gasteiger partial charge in [0.15, 0.2) is 0 Å². The molecule has 1 aromatic carbocycles. The van der Waals surface area contributed by atoms with Crippen LogP contribution in [0.15, 0.2) is 18.2 Å². The van der Waals surface area contributed by atoms with Gasteiger partial charge >= 0.3 is 0 Å². The summed E-state index contributed by atoms with van der Waals surface area (Å²) in [5, 5.41) is 2.85. The zero-order valence-corrected chi connectivity index (χ0v) is 12.0. The van der Waals surface area contributed by atoms with E-state index >= 15 is 0 Å². The third-order valence-corrected chi connectivity index (χ3v) is 4.32. The van der Waals surface area contributed by atoms with Gasteiger partial charge in [-0.1, -0.05) is 0 Å². The van der Waals surface area contributed by atoms with Gasteiger partial charge in [-0.2, -0.15) is 0 Å². The Morgan fingerprint density at radius 1 is 1.48 bits per heavy atom. The van der Waals surface area contributed by atoms with Gasteiger partial charge in [0.25, 0.3) is 5.91 Å². The van der Waals surface area contributed by atoms with Crippen molar-refractivity contribution in [1.29, 1.82) is 0 Å². The summed E-state index contributed by atoms with van der Waals surface area (Å²) in [6, 6.07) is 4.97. The van der Waals surface area contributed by atoms with Gasteiger partial charge in [-0.25, -0.2) is 0 Å². The Morgan fingerprint density at radius 3 is 3.05 bits per heavy atom. The number of nitrogens with two attached hydrogens (primary N) is 1. The van der Waals surface area contributed by atoms with E-state index in [1.165, 1.54) is 7.11 Å². The molecule has 2 aliphatic heterocycles. The number of hydrogen-bond acceptors (Lipinski definition) is 4. The van der Waals surface area contributed by atoms with E-state index in [9.17, 15) is 9.59 Å². The first-order valence-corrected chi connectivity index (χ1v) is 7.14. The second-order valence-corrected chi connectivity index (χ2v) is 5.52. The Labute approximate surface area is 123 Å². The predicted molar refractivity (Wildman–Crippen MR) is 78.0 cm³/mol. The summed E-state index contributed by atoms with van der Waals surface area (Å²) < 4.78 is 5.26. The van der Waals surface area contributed by atoms with E-state index in [1.807, 2.05) is 0 Å². The van der Waals surface area contributed by atoms with Crippen molar-refractivity contribution in [3.8, 4) is 5.75 Å². The van der Waals surface area contributed by atoms with E-state index in [-0.39, 0.29) is 23.8 Å². The molecule has 2 aliphatic rings. The van der Waals surface area contributed by atoms with E-state index < -0.39 is 0 Å². The number of nitrogens with zero attached hydrogens (tertiary/aromatic N) is 1. The first-order chi connectivity index (χ1) is 10.1. The topological polar surface area (TPSA) is 84.7 Å². The molecule has 2 heterocycles. The van der Waals surface area contributed by atoms with Crippen molar-refractivity contribution in [3.05, 3.63) is 23.8 Å². The largest absolute Gasteiger partial charge is 0.496 e. The molecule has 0 saturated carbocycles. The molecule has 21 heavy (non-hydrogen) atoms. The highest BCUT2D eigenvalue weighted by Crippen LogP contribution is 2.31. The molecule has 6 heteroatoms. The van der Waals surface area contributed by atoms with Crippen molar-refractivity contribution in [2.24, 2.45) is 5.92 Å². The molecule has 2 saturated heterocycles. The summed E-state index contributed by atoms with van der Waals surface area (Å²) in [7, 11) is 1.52. The normalized spacial score (nSPS) is 24.4. The average Bonchev–Trinajstić information content (AvgIpc) is 2.88. The second kappa shape index (κ2) is 5.27. The van der Waals surface area contributed by atoms with Crippen LogP contribution in [0.4, 0.5) is 5.69 Å². The van der Waals surface area contributed by atoms with Crippen LogP contribution in [0.1, 0.15) is 23.2 Å². The summed E-state index contributed by atoms with van der Waals surface area (Å²) in [5.41, 5.74) is 6.77. The Hall–Kier alpha value is -2.24. The predicted octanol–water partition coefficient (Wildman–Crippen LogP) is 0.628. The number of likely N-dealkylation sites (tertiary alicyclic amines) is 1. The highest BCUT2D eigenvalue weighted by atomic mass is 16.5. The highest BCUT2D eigenvalue weighted by molar-refractivity contribution is 5.98. The lowest BCUT2D eigenvalue weighted by Gasteiger charge is -2.36. The maximum absolute atomic E-state index is 12.8. The zero-order chi connectivity index (χ0) is 15.0. The number of fused-ring (bicyclic) bond motifs is 1. The van der Waals surface area contributed by atoms with Crippen LogP contribution in [0, 0.1) is 5.92 Å². The molecule has 2 unspecified atom stereocenters. The van der Waals surface area contributed by atoms with Crippen molar-refractivity contribution in [3.63, 3.8) is 0 Å². The third kappa shape index (κ3) is 2.30. The fourth-order valence-corrected chi connectivity index (χ4v) is 3.24. The summed E-state index contributed by atoms with van der Waals surface area (Å²) in [6.07, 6.45) is 1.69. The second-order valence-electron chi connectivity index (χ2n) is 5.52. The Morgan fingerprint density at radius 2 is 2.29 bits per heavy atom. The smallest absolute Gasteiger partial charge is 0.257 e. The minimum Gasteiger partial charge on any atom is -0.496 e. The number of methoxy groups -OCH3 is 1. The number of ether oxygens (including phenoxy) is 1. The van der Waals surface area contributed by atoms with Gasteiger partial charge in [0.2, 0.25) is 5.91 Å². The number of piperidine rings is 1. The van der Waals surface area contributed by atoms with Gasteiger partial charge in [0, 0.05) is 24.8 Å². The maximum atomic E-state index is 12.8. The highest BCUT2D eigenvalue weighted by Gasteiger charge is 2.43. The fraction of sp³-hybridized carbons (Fsp3) is 0.467. The molecule has 2 amide bonds. The van der Waals surface area contributed by atoms with E-state index in [4.69, 9.17) is 10.5 Å². The van der Waals surface area contributed by atoms with Crippen LogP contribution in [0.25, 0.3) is 0 Å². The van der Waals surface area contributed by atoms with Crippen molar-refractivity contribution in [2.75, 3.05) is 25.9 Å². The van der Waals surface area contributed by atoms with Gasteiger partial charge in [-0.15, -0.1) is 0 Å². The minimum atomic E-state index is -0.0990. The summed E-state index contributed by atoms with van der Waals surface area (Å²) in [4.78, 5) is 26.4. The SMILES string of the molecule is COc1cc(N)ccc1C(=O)N1CCCC2C(=O)NCC21. The number of nitrogens with one attached hydrogen (secondary N) is 1. The van der Waals surface area contributed by atoms with Crippen LogP contribution in [0.3, 0.4) is 0 Å². The number of carbonyl (C=O) groups is 2. The monoisotopic (exact) mass is 289 g/mol. The van der Waals surface area contributed by atoms with E-state index in [2.05, 4.69) is 5.32 Å². The van der Waals surface area contributed by atoms with Gasteiger partial charge in [-0.05, 0) is 25.0 Å². The van der Waals surface area contributed by atoms with E-state index in [0.29, 0.717) is 30.1 Å². The molecule has 2 fully saturated rings. The lowest BCUT2D eigenvalue weighted by atomic mass is 9.91. The van der Waals surface area contributed by atoms with Crippen LogP contribution in [0.2, 0.25) is 0 Å². The first kappa shape index (κ1) is 13.7. The van der Waals surface area contributed by atoms with Gasteiger partial charge < -0.3 is 20.7 Å². The molecule has 0 bridgehead atoms. The number of rotatable bonds is 2. The molecule has 0 aliphatic carbocycles. The molecule has 2 atom stereocenters. The average molecular weight is 289 g/mol. The Bertz CT molecular complexity index is 588. The molecular weight excluding hydrogens is 270 g/mol. The minimum absolute atomic E-state index is 0.0546. The van der Waals surface area contributed by atoms with Crippen molar-refractivity contribution in [2.45, 2.75) is 18.9 Å². The molecule has 3 N–H and O–H groups in total. The van der Waals surface area contributed by atoms with Gasteiger partial charge in [0.05, 0.1) is 24.6 Å². The summed E-state index contributed by atoms with van der Waals surface area (Å²) >= 11 is 0. The van der Waals surface area contributed by atoms with E-state index in [0.717, 1.165) is 12.8 Å². The molecule has 3 rings (SSSR count). The quantitative estimate of drug-likeness (QED) is 0.782. The van der Waals surface area contributed by atoms with Gasteiger partial charge in [-0.3, -0.25) is 9.59 Å². The van der Waals surface area contributed by atoms with Crippen molar-refractivity contribution >= 4 is 17.5 Å². The molecule has 1 aromatic rings. The third-order valence-electron chi connectivity index (χ3n) is 4.32. The number of anilines is 1. The number of amides is 2. The van der Waals surface area contributed by atoms with Crippen LogP contribution < -0.4 is 15.8 Å². The summed E-state index contributed by atoms with van der Waals surface area (Å²) in [5.74, 6) is 0.349. The van der Waals surface area contributed by atoms with Crippen LogP contribution >= 0.6 is 0 Å². The number of nitrogen functional groups attached to an aromatic ring is 1. The first-order valence-electron chi connectivity index (χ1n) is 7.14. The lowest BCUT2D eigenvalue weighted by Crippen LogP contribution is -2.48. The Balaban J connectivity index is 1.89. The molecule has 0 spiro atoms. The molecule has 0 aromatic heterocycles. The summed E-state index contributed by atoms with van der Waals surface area (Å²) in [6.45, 7) is 1.20. The van der Waals surface area contributed by atoms with Gasteiger partial charge in [0.1, 0.15) is 5.75 Å². The fourth-order valence-electron chi connectivity index (χ4n) is 3.24. The molecule has 112 valence electrons. The lowest BCUT2D eigenvalue weighted by molar-refractivity contribution is -0.123. The molecular formula is C15H19N3O3. The van der Waals surface area contributed by atoms with Crippen LogP contribution in [-0.2, 0) is 4.79 Å². The molecule has 6 nitrogen and oxygen atoms in total. The maximum Gasteiger partial charge on any atom is 0.257 e. The molecule has 0 radical (unpaired) electrons. The zero-order valence-electron chi connectivity index (χ0n) is 12.0. The number of hydrogen-bond donors (Lipinski definition) is 2. The van der Waals surface area contributed by atoms with Crippen LogP contribution in [0.5, 0.6) is 5.75 Å². The van der Waals surface area contributed by atoms with Crippen molar-refractivity contribution < 1.29 is 14.3 Å². The number of carbonyl (C=O) groups excluding carboxylic acids is 2. The number of benzene rings is 1. The van der Waals surface area contributed by atoms with Crippen LogP contribution in [-0.4, -0.2) is 43.0 Å². The Kier molecular flexibility index (Phi) is 3.45. The van der Waals surface area contributed by atoms with E-state index in [1.54, 1.807) is 23.1 Å². The van der Waals surface area contributed by atoms with Crippen molar-refractivity contribution in [1.82, 2.24) is 10.2 Å².